The van der Waals surface area contributed by atoms with Crippen LogP contribution in [0.1, 0.15) is 42.0 Å². The molecule has 3 aliphatic carbocycles. The van der Waals surface area contributed by atoms with Crippen molar-refractivity contribution in [3.8, 4) is 5.75 Å². The molecule has 4 unspecified atom stereocenters. The van der Waals surface area contributed by atoms with Crippen molar-refractivity contribution < 1.29 is 14.3 Å². The molecule has 3 aromatic carbocycles. The second-order valence-electron chi connectivity index (χ2n) is 10.7. The predicted molar refractivity (Wildman–Crippen MR) is 136 cm³/mol. The highest BCUT2D eigenvalue weighted by Crippen LogP contribution is 2.71. The van der Waals surface area contributed by atoms with Crippen molar-refractivity contribution in [1.82, 2.24) is 4.90 Å². The Hall–Kier alpha value is -3.11. The van der Waals surface area contributed by atoms with Crippen LogP contribution in [0.5, 0.6) is 5.75 Å². The Bertz CT molecular complexity index is 1260. The first kappa shape index (κ1) is 22.4. The third kappa shape index (κ3) is 2.86. The Kier molecular flexibility index (Phi) is 5.08. The molecule has 4 aliphatic rings. The number of hydrogen-bond acceptors (Lipinski definition) is 4. The largest absolute Gasteiger partial charge is 0.497 e. The molecule has 4 atom stereocenters. The highest BCUT2D eigenvalue weighted by Gasteiger charge is 2.74. The molecule has 3 aromatic rings. The van der Waals surface area contributed by atoms with E-state index in [0.717, 1.165) is 31.7 Å². The summed E-state index contributed by atoms with van der Waals surface area (Å²) in [7, 11) is 3.27. The van der Waals surface area contributed by atoms with E-state index in [1.54, 1.807) is 14.2 Å². The van der Waals surface area contributed by atoms with Crippen LogP contribution in [0, 0.1) is 11.3 Å². The van der Waals surface area contributed by atoms with Gasteiger partial charge in [-0.05, 0) is 47.2 Å². The minimum Gasteiger partial charge on any atom is -0.497 e. The van der Waals surface area contributed by atoms with E-state index in [1.165, 1.54) is 22.3 Å². The molecule has 1 aliphatic heterocycles. The molecular weight excluding hydrogens is 434 g/mol. The Morgan fingerprint density at radius 1 is 0.914 bits per heavy atom. The van der Waals surface area contributed by atoms with Gasteiger partial charge >= 0.3 is 5.97 Å². The third-order valence-electron chi connectivity index (χ3n) is 9.51. The van der Waals surface area contributed by atoms with Gasteiger partial charge in [-0.3, -0.25) is 9.69 Å². The van der Waals surface area contributed by atoms with Crippen molar-refractivity contribution in [2.45, 2.75) is 37.1 Å². The summed E-state index contributed by atoms with van der Waals surface area (Å²) in [6.45, 7) is 4.72. The van der Waals surface area contributed by atoms with Crippen LogP contribution < -0.4 is 4.74 Å². The topological polar surface area (TPSA) is 38.8 Å². The van der Waals surface area contributed by atoms with Crippen LogP contribution in [0.25, 0.3) is 0 Å². The zero-order valence-electron chi connectivity index (χ0n) is 20.8. The van der Waals surface area contributed by atoms with Crippen LogP contribution >= 0.6 is 0 Å². The number of hydrogen-bond donors (Lipinski definition) is 0. The van der Waals surface area contributed by atoms with Crippen molar-refractivity contribution in [1.29, 1.82) is 0 Å². The molecule has 1 saturated heterocycles. The average molecular weight is 468 g/mol. The molecule has 0 radical (unpaired) electrons. The molecule has 0 spiro atoms. The first-order valence-corrected chi connectivity index (χ1v) is 12.6. The third-order valence-corrected chi connectivity index (χ3v) is 9.51. The van der Waals surface area contributed by atoms with Crippen molar-refractivity contribution in [3.05, 3.63) is 101 Å². The van der Waals surface area contributed by atoms with E-state index < -0.39 is 5.41 Å². The molecule has 2 fully saturated rings. The number of benzene rings is 3. The van der Waals surface area contributed by atoms with Crippen LogP contribution in [0.2, 0.25) is 0 Å². The summed E-state index contributed by atoms with van der Waals surface area (Å²) < 4.78 is 11.1. The van der Waals surface area contributed by atoms with E-state index in [9.17, 15) is 4.79 Å². The number of ether oxygens (including phenoxy) is 2. The van der Waals surface area contributed by atoms with Gasteiger partial charge in [-0.2, -0.15) is 0 Å². The van der Waals surface area contributed by atoms with Gasteiger partial charge in [0.2, 0.25) is 0 Å². The van der Waals surface area contributed by atoms with E-state index in [-0.39, 0.29) is 22.7 Å². The molecule has 0 N–H and O–H groups in total. The van der Waals surface area contributed by atoms with Crippen molar-refractivity contribution in [2.75, 3.05) is 27.3 Å². The monoisotopic (exact) mass is 467 g/mol. The van der Waals surface area contributed by atoms with Crippen LogP contribution in [0.4, 0.5) is 0 Å². The van der Waals surface area contributed by atoms with E-state index in [4.69, 9.17) is 9.47 Å². The first-order valence-electron chi connectivity index (χ1n) is 12.6. The number of nitrogens with zero attached hydrogens (tertiary/aromatic N) is 1. The second kappa shape index (κ2) is 7.96. The van der Waals surface area contributed by atoms with Gasteiger partial charge in [0.05, 0.1) is 19.6 Å². The smallest absolute Gasteiger partial charge is 0.314 e. The van der Waals surface area contributed by atoms with Gasteiger partial charge in [0, 0.05) is 36.4 Å². The molecule has 4 nitrogen and oxygen atoms in total. The van der Waals surface area contributed by atoms with Gasteiger partial charge in [0.15, 0.2) is 0 Å². The van der Waals surface area contributed by atoms with Gasteiger partial charge in [0.25, 0.3) is 0 Å². The summed E-state index contributed by atoms with van der Waals surface area (Å²) in [5.41, 5.74) is 4.10. The number of fused-ring (bicyclic) bond motifs is 1. The van der Waals surface area contributed by atoms with E-state index >= 15 is 0 Å². The van der Waals surface area contributed by atoms with Gasteiger partial charge in [-0.1, -0.05) is 73.7 Å². The maximum atomic E-state index is 14.0. The fraction of sp³-hybridized carbons (Fsp3) is 0.387. The van der Waals surface area contributed by atoms with E-state index in [1.807, 2.05) is 0 Å². The minimum atomic E-state index is -0.608. The molecular formula is C31H33NO3. The number of esters is 1. The zero-order chi connectivity index (χ0) is 24.3. The molecule has 1 heterocycles. The lowest BCUT2D eigenvalue weighted by atomic mass is 9.37. The SMILES string of the molecule is COC(=O)C12CN(Cc3ccccc3)CC1C1(c3ccc(OC)cc3)CCC2(C)c2ccccc21. The van der Waals surface area contributed by atoms with Gasteiger partial charge in [-0.25, -0.2) is 0 Å². The predicted octanol–water partition coefficient (Wildman–Crippen LogP) is 5.34. The minimum absolute atomic E-state index is 0.0624. The van der Waals surface area contributed by atoms with Gasteiger partial charge in [0.1, 0.15) is 5.75 Å². The van der Waals surface area contributed by atoms with Crippen molar-refractivity contribution >= 4 is 5.97 Å². The van der Waals surface area contributed by atoms with Crippen molar-refractivity contribution in [3.63, 3.8) is 0 Å². The Labute approximate surface area is 207 Å². The van der Waals surface area contributed by atoms with Crippen LogP contribution in [-0.2, 0) is 26.9 Å². The summed E-state index contributed by atoms with van der Waals surface area (Å²) in [6.07, 6.45) is 1.98. The van der Waals surface area contributed by atoms with Gasteiger partial charge < -0.3 is 9.47 Å². The maximum absolute atomic E-state index is 14.0. The highest BCUT2D eigenvalue weighted by molar-refractivity contribution is 5.83. The summed E-state index contributed by atoms with van der Waals surface area (Å²) in [4.78, 5) is 16.5. The molecule has 0 aromatic heterocycles. The van der Waals surface area contributed by atoms with Crippen LogP contribution in [0.3, 0.4) is 0 Å². The Morgan fingerprint density at radius 3 is 2.29 bits per heavy atom. The molecule has 4 heteroatoms. The summed E-state index contributed by atoms with van der Waals surface area (Å²) >= 11 is 0. The lowest BCUT2D eigenvalue weighted by Crippen LogP contribution is -2.67. The number of rotatable bonds is 5. The Morgan fingerprint density at radius 2 is 1.60 bits per heavy atom. The standard InChI is InChI=1S/C31H33NO3/c1-29-17-18-30(26-12-8-7-11-25(26)29,23-13-15-24(34-2)16-14-23)27-20-32(19-22-9-5-4-6-10-22)21-31(27,29)28(33)35-3/h4-16,27H,17-21H2,1-3H3. The van der Waals surface area contributed by atoms with Gasteiger partial charge in [-0.15, -0.1) is 0 Å². The van der Waals surface area contributed by atoms with Crippen LogP contribution in [0.15, 0.2) is 78.9 Å². The number of methoxy groups -OCH3 is 2. The lowest BCUT2D eigenvalue weighted by Gasteiger charge is -2.64. The summed E-state index contributed by atoms with van der Waals surface area (Å²) in [5, 5.41) is 0. The number of carbonyl (C=O) groups excluding carboxylic acids is 1. The molecule has 7 rings (SSSR count). The lowest BCUT2D eigenvalue weighted by molar-refractivity contribution is -0.168. The average Bonchev–Trinajstić information content (AvgIpc) is 3.32. The molecule has 0 amide bonds. The van der Waals surface area contributed by atoms with Crippen molar-refractivity contribution in [2.24, 2.45) is 11.3 Å². The fourth-order valence-corrected chi connectivity index (χ4v) is 7.94. The van der Waals surface area contributed by atoms with Crippen LogP contribution in [-0.4, -0.2) is 38.2 Å². The normalized spacial score (nSPS) is 31.0. The second-order valence-corrected chi connectivity index (χ2v) is 10.7. The molecule has 2 bridgehead atoms. The summed E-state index contributed by atoms with van der Waals surface area (Å²) in [6, 6.07) is 28.0. The fourth-order valence-electron chi connectivity index (χ4n) is 7.94. The summed E-state index contributed by atoms with van der Waals surface area (Å²) in [5.74, 6) is 0.909. The maximum Gasteiger partial charge on any atom is 0.314 e. The highest BCUT2D eigenvalue weighted by atomic mass is 16.5. The first-order chi connectivity index (χ1) is 17.0. The van der Waals surface area contributed by atoms with E-state index in [2.05, 4.69) is 90.7 Å². The quantitative estimate of drug-likeness (QED) is 0.475. The molecule has 35 heavy (non-hydrogen) atoms. The number of likely N-dealkylation sites (tertiary alicyclic amines) is 1. The zero-order valence-corrected chi connectivity index (χ0v) is 20.8. The van der Waals surface area contributed by atoms with E-state index in [0.29, 0.717) is 6.54 Å². The number of carbonyl (C=O) groups is 1. The molecule has 180 valence electrons. The molecule has 1 saturated carbocycles. The Balaban J connectivity index is 1.57.